The smallest absolute Gasteiger partial charge is 0.322 e. The van der Waals surface area contributed by atoms with Crippen LogP contribution in [0.25, 0.3) is 0 Å². The Kier molecular flexibility index (Phi) is 2.09. The monoisotopic (exact) mass is 145 g/mol. The maximum Gasteiger partial charge on any atom is 0.322 e. The summed E-state index contributed by atoms with van der Waals surface area (Å²) in [6, 6.07) is 0. The van der Waals surface area contributed by atoms with E-state index in [2.05, 4.69) is 5.50 Å². The largest absolute Gasteiger partial charge is 0.346 e. The molecule has 0 fully saturated rings. The molecule has 0 saturated carbocycles. The molecule has 0 bridgehead atoms. The molecular weight excluding hydrogens is 141 g/mol. The Morgan fingerprint density at radius 1 is 1.57 bits per heavy atom. The van der Waals surface area contributed by atoms with Crippen LogP contribution in [0.5, 0.6) is 0 Å². The van der Waals surface area contributed by atoms with Crippen molar-refractivity contribution in [2.45, 2.75) is 0 Å². The number of nitrogens with two attached hydrogens (primary N) is 1. The minimum Gasteiger partial charge on any atom is -0.346 e. The highest BCUT2D eigenvalue weighted by Crippen LogP contribution is 2.25. The van der Waals surface area contributed by atoms with Crippen LogP contribution in [0.3, 0.4) is 0 Å². The Balaban J connectivity index is 4.10. The van der Waals surface area contributed by atoms with E-state index in [1.54, 1.807) is 0 Å². The number of rotatable bonds is 1. The molecule has 1 unspecified atom stereocenters. The maximum absolute atomic E-state index is 9.54. The van der Waals surface area contributed by atoms with E-state index >= 15 is 0 Å². The van der Waals surface area contributed by atoms with Gasteiger partial charge in [0, 0.05) is 0 Å². The fourth-order valence-electron chi connectivity index (χ4n) is 0. The van der Waals surface area contributed by atoms with Gasteiger partial charge in [-0.3, -0.25) is 10.1 Å². The molecule has 0 aliphatic carbocycles. The fraction of sp³-hybridized carbons (Fsp3) is 0. The van der Waals surface area contributed by atoms with E-state index in [-0.39, 0.29) is 0 Å². The van der Waals surface area contributed by atoms with E-state index in [1.165, 1.54) is 0 Å². The van der Waals surface area contributed by atoms with Crippen LogP contribution < -0.4 is 5.50 Å². The van der Waals surface area contributed by atoms with Crippen LogP contribution in [0.1, 0.15) is 0 Å². The van der Waals surface area contributed by atoms with Gasteiger partial charge >= 0.3 is 9.74 Å². The summed E-state index contributed by atoms with van der Waals surface area (Å²) in [7, 11) is -7.06. The van der Waals surface area contributed by atoms with Gasteiger partial charge in [-0.05, 0) is 0 Å². The first kappa shape index (κ1) is 7.26. The second-order valence-electron chi connectivity index (χ2n) is 0.750. The molecule has 0 spiro atoms. The summed E-state index contributed by atoms with van der Waals surface area (Å²) in [6.45, 7) is 0. The molecule has 1 atom stereocenters. The van der Waals surface area contributed by atoms with Crippen molar-refractivity contribution in [3.8, 4) is 0 Å². The van der Waals surface area contributed by atoms with E-state index < -0.39 is 17.2 Å². The van der Waals surface area contributed by atoms with Crippen molar-refractivity contribution in [3.05, 3.63) is 0 Å². The van der Waals surface area contributed by atoms with Crippen LogP contribution in [0.15, 0.2) is 0 Å². The Hall–Kier alpha value is 0.260. The summed E-state index contributed by atoms with van der Waals surface area (Å²) in [5, 5.41) is 0. The highest BCUT2D eigenvalue weighted by molar-refractivity contribution is 8.44. The molecule has 7 heteroatoms. The Labute approximate surface area is 41.5 Å². The second-order valence-corrected chi connectivity index (χ2v) is 4.76. The molecular formula is H4NO4PS. The fourth-order valence-corrected chi connectivity index (χ4v) is 0. The van der Waals surface area contributed by atoms with Crippen molar-refractivity contribution in [3.63, 3.8) is 0 Å². The van der Waals surface area contributed by atoms with E-state index in [1.807, 2.05) is 0 Å². The predicted octanol–water partition coefficient (Wildman–Crippen LogP) is -0.948. The first-order valence-electron chi connectivity index (χ1n) is 1.16. The van der Waals surface area contributed by atoms with E-state index in [4.69, 9.17) is 9.45 Å². The lowest BCUT2D eigenvalue weighted by Gasteiger charge is -1.92. The van der Waals surface area contributed by atoms with Gasteiger partial charge in [0.1, 0.15) is 0 Å². The zero-order valence-electron chi connectivity index (χ0n) is 3.14. The summed E-state index contributed by atoms with van der Waals surface area (Å²) < 4.78 is 26.8. The summed E-state index contributed by atoms with van der Waals surface area (Å²) in [6.07, 6.45) is 0. The van der Waals surface area contributed by atoms with Crippen LogP contribution in [0.4, 0.5) is 0 Å². The standard InChI is InChI=1S/H4NO4PS/c1-6(2)7(3,4)5/h2H,1H2,(H,3,4,5). The van der Waals surface area contributed by atoms with Gasteiger partial charge in [-0.15, -0.1) is 0 Å². The quantitative estimate of drug-likeness (QED) is 0.326. The molecule has 0 aromatic heterocycles. The van der Waals surface area contributed by atoms with Gasteiger partial charge < -0.3 is 4.89 Å². The summed E-state index contributed by atoms with van der Waals surface area (Å²) in [5.74, 6) is 0. The van der Waals surface area contributed by atoms with Crippen LogP contribution in [-0.4, -0.2) is 17.9 Å². The third kappa shape index (κ3) is 2.90. The van der Waals surface area contributed by atoms with Crippen LogP contribution >= 0.6 is 7.50 Å². The van der Waals surface area contributed by atoms with E-state index in [9.17, 15) is 8.42 Å². The van der Waals surface area contributed by atoms with E-state index in [0.717, 1.165) is 0 Å². The van der Waals surface area contributed by atoms with Crippen molar-refractivity contribution in [2.24, 2.45) is 5.50 Å². The minimum atomic E-state index is -4.34. The maximum atomic E-state index is 9.54. The van der Waals surface area contributed by atoms with Gasteiger partial charge in [-0.2, -0.15) is 8.42 Å². The third-order valence-corrected chi connectivity index (χ3v) is 2.13. The van der Waals surface area contributed by atoms with Gasteiger partial charge in [0.25, 0.3) is 7.50 Å². The molecule has 7 heavy (non-hydrogen) atoms. The van der Waals surface area contributed by atoms with Crippen molar-refractivity contribution in [2.75, 3.05) is 0 Å². The molecule has 44 valence electrons. The Morgan fingerprint density at radius 3 is 1.71 bits per heavy atom. The highest BCUT2D eigenvalue weighted by Gasteiger charge is 2.13. The lowest BCUT2D eigenvalue weighted by Crippen LogP contribution is -1.99. The SMILES string of the molecule is NP(O)S(=O)(=O)O. The molecule has 0 aromatic carbocycles. The average molecular weight is 145 g/mol. The van der Waals surface area contributed by atoms with Crippen LogP contribution in [-0.2, 0) is 9.74 Å². The zero-order valence-corrected chi connectivity index (χ0v) is 4.85. The van der Waals surface area contributed by atoms with Crippen LogP contribution in [0, 0.1) is 0 Å². The summed E-state index contributed by atoms with van der Waals surface area (Å²) >= 11 is 0. The first-order chi connectivity index (χ1) is 2.94. The third-order valence-electron chi connectivity index (χ3n) is 0.236. The summed E-state index contributed by atoms with van der Waals surface area (Å²) in [5.41, 5.74) is 4.35. The van der Waals surface area contributed by atoms with Crippen molar-refractivity contribution >= 4 is 17.2 Å². The number of hydrogen-bond donors (Lipinski definition) is 3. The molecule has 0 saturated heterocycles. The van der Waals surface area contributed by atoms with Gasteiger partial charge in [0.2, 0.25) is 0 Å². The molecule has 5 nitrogen and oxygen atoms in total. The molecule has 0 aliphatic rings. The summed E-state index contributed by atoms with van der Waals surface area (Å²) in [4.78, 5) is 7.89. The molecule has 0 heterocycles. The van der Waals surface area contributed by atoms with E-state index in [0.29, 0.717) is 0 Å². The molecule has 0 amide bonds. The van der Waals surface area contributed by atoms with Gasteiger partial charge in [-0.25, -0.2) is 0 Å². The van der Waals surface area contributed by atoms with Crippen LogP contribution in [0.2, 0.25) is 0 Å². The lowest BCUT2D eigenvalue weighted by molar-refractivity contribution is 0.493. The van der Waals surface area contributed by atoms with Gasteiger partial charge in [0.15, 0.2) is 0 Å². The molecule has 0 aromatic rings. The molecule has 0 radical (unpaired) electrons. The predicted molar refractivity (Wildman–Crippen MR) is 24.9 cm³/mol. The van der Waals surface area contributed by atoms with Crippen molar-refractivity contribution in [1.82, 2.24) is 0 Å². The van der Waals surface area contributed by atoms with Gasteiger partial charge in [0.05, 0.1) is 0 Å². The highest BCUT2D eigenvalue weighted by atomic mass is 32.8. The topological polar surface area (TPSA) is 101 Å². The average Bonchev–Trinajstić information content (AvgIpc) is 1.31. The second kappa shape index (κ2) is 2.02. The molecule has 4 N–H and O–H groups in total. The Bertz CT molecular complexity index is 134. The molecule has 0 aliphatic heterocycles. The lowest BCUT2D eigenvalue weighted by atomic mass is 13.9. The van der Waals surface area contributed by atoms with Gasteiger partial charge in [-0.1, -0.05) is 0 Å². The Morgan fingerprint density at radius 2 is 1.71 bits per heavy atom. The zero-order chi connectivity index (χ0) is 6.08. The van der Waals surface area contributed by atoms with Crippen molar-refractivity contribution in [1.29, 1.82) is 0 Å². The number of hydrogen-bond acceptors (Lipinski definition) is 4. The molecule has 0 rings (SSSR count). The minimum absolute atomic E-state index is 2.71. The van der Waals surface area contributed by atoms with Crippen molar-refractivity contribution < 1.29 is 17.9 Å². The normalized spacial score (nSPS) is 16.4. The first-order valence-corrected chi connectivity index (χ1v) is 4.57.